The lowest BCUT2D eigenvalue weighted by Gasteiger charge is -2.17. The molecule has 1 aromatic rings. The summed E-state index contributed by atoms with van der Waals surface area (Å²) in [7, 11) is -1.27. The number of hydrogen-bond donors (Lipinski definition) is 3. The van der Waals surface area contributed by atoms with Gasteiger partial charge in [-0.1, -0.05) is 24.8 Å². The molecule has 1 aliphatic heterocycles. The summed E-state index contributed by atoms with van der Waals surface area (Å²) < 4.78 is 46.2. The van der Waals surface area contributed by atoms with Gasteiger partial charge in [0.2, 0.25) is 10.0 Å². The van der Waals surface area contributed by atoms with Crippen molar-refractivity contribution in [2.45, 2.75) is 6.92 Å². The van der Waals surface area contributed by atoms with Crippen LogP contribution in [-0.4, -0.2) is 47.8 Å². The van der Waals surface area contributed by atoms with E-state index in [9.17, 15) is 17.7 Å². The highest BCUT2D eigenvalue weighted by atomic mass is 79.9. The van der Waals surface area contributed by atoms with Gasteiger partial charge in [0.25, 0.3) is 11.2 Å². The Morgan fingerprint density at radius 1 is 1.28 bits per heavy atom. The minimum Gasteiger partial charge on any atom is -0.504 e. The molecule has 0 saturated carbocycles. The average molecular weight is 502 g/mol. The van der Waals surface area contributed by atoms with E-state index in [2.05, 4.69) is 41.9 Å². The van der Waals surface area contributed by atoms with E-state index in [1.807, 2.05) is 12.1 Å². The molecule has 2 rings (SSSR count). The summed E-state index contributed by atoms with van der Waals surface area (Å²) in [6, 6.07) is 7.23. The van der Waals surface area contributed by atoms with Crippen LogP contribution in [0.4, 0.5) is 5.69 Å². The van der Waals surface area contributed by atoms with Gasteiger partial charge in [0.15, 0.2) is 17.4 Å². The van der Waals surface area contributed by atoms with E-state index < -0.39 is 27.0 Å². The van der Waals surface area contributed by atoms with Crippen LogP contribution in [0.3, 0.4) is 0 Å². The zero-order chi connectivity index (χ0) is 21.8. The zero-order valence-corrected chi connectivity index (χ0v) is 19.1. The Hall–Kier alpha value is -2.28. The second-order valence-electron chi connectivity index (χ2n) is 5.75. The van der Waals surface area contributed by atoms with Crippen molar-refractivity contribution in [1.29, 1.82) is 0 Å². The van der Waals surface area contributed by atoms with Crippen LogP contribution < -0.4 is 10.6 Å². The van der Waals surface area contributed by atoms with Crippen LogP contribution in [0.1, 0.15) is 6.92 Å². The first-order valence-corrected chi connectivity index (χ1v) is 11.4. The van der Waals surface area contributed by atoms with Crippen LogP contribution in [-0.2, 0) is 21.2 Å². The Morgan fingerprint density at radius 3 is 2.45 bits per heavy atom. The van der Waals surface area contributed by atoms with Crippen LogP contribution in [0.2, 0.25) is 0 Å². The van der Waals surface area contributed by atoms with E-state index in [1.54, 1.807) is 19.1 Å². The van der Waals surface area contributed by atoms with Gasteiger partial charge in [-0.15, -0.1) is 8.80 Å². The number of anilines is 1. The van der Waals surface area contributed by atoms with Crippen molar-refractivity contribution < 1.29 is 17.7 Å². The molecule has 29 heavy (non-hydrogen) atoms. The molecule has 156 valence electrons. The lowest BCUT2D eigenvalue weighted by molar-refractivity contribution is 0.415. The third-order valence-corrected chi connectivity index (χ3v) is 6.91. The summed E-state index contributed by atoms with van der Waals surface area (Å²) in [6.45, 7) is 5.06. The molecule has 0 bridgehead atoms. The monoisotopic (exact) mass is 501 g/mol. The summed E-state index contributed by atoms with van der Waals surface area (Å²) in [5.41, 5.74) is 0.688. The number of allylic oxidation sites excluding steroid dienone is 2. The van der Waals surface area contributed by atoms with Gasteiger partial charge in [-0.3, -0.25) is 0 Å². The number of rotatable bonds is 6. The van der Waals surface area contributed by atoms with Crippen molar-refractivity contribution in [3.05, 3.63) is 63.8 Å². The van der Waals surface area contributed by atoms with Crippen molar-refractivity contribution >= 4 is 54.5 Å². The summed E-state index contributed by atoms with van der Waals surface area (Å²) in [6.07, 6.45) is 2.49. The molecule has 0 spiro atoms. The number of benzene rings is 1. The highest BCUT2D eigenvalue weighted by Crippen LogP contribution is 2.23. The van der Waals surface area contributed by atoms with Crippen LogP contribution >= 0.6 is 15.9 Å². The fraction of sp³-hybridized carbons (Fsp3) is 0.176. The molecular formula is C17H20BrN5O4S2. The molecule has 1 aromatic carbocycles. The molecule has 1 aliphatic rings. The quantitative estimate of drug-likeness (QED) is 0.406. The van der Waals surface area contributed by atoms with Gasteiger partial charge >= 0.3 is 0 Å². The summed E-state index contributed by atoms with van der Waals surface area (Å²) >= 11 is 1.53. The largest absolute Gasteiger partial charge is 0.504 e. The first kappa shape index (κ1) is 23.0. The molecule has 0 saturated heterocycles. The van der Waals surface area contributed by atoms with Gasteiger partial charge in [-0.25, -0.2) is 16.9 Å². The molecule has 0 amide bonds. The number of para-hydroxylation sites is 1. The SMILES string of the molecule is C=C/C(=C(O)\C(=C/C)NC1=NS(=O)N=C1Nc1ccccc1Br)S(=O)(=O)N(C)C. The average Bonchev–Trinajstić information content (AvgIpc) is 3.00. The van der Waals surface area contributed by atoms with Crippen LogP contribution in [0.15, 0.2) is 72.6 Å². The smallest absolute Gasteiger partial charge is 0.269 e. The van der Waals surface area contributed by atoms with Crippen molar-refractivity contribution in [3.8, 4) is 0 Å². The third-order valence-electron chi connectivity index (χ3n) is 3.66. The van der Waals surface area contributed by atoms with Gasteiger partial charge in [0.05, 0.1) is 11.4 Å². The number of aliphatic hydroxyl groups is 1. The number of amidine groups is 2. The standard InChI is InChI=1S/C17H20BrN5O4S2/c1-5-12(15(24)14(6-2)29(26,27)23(3)4)19-16-17(22-28(25)21-16)20-13-10-8-7-9-11(13)18/h5-10,24H,2H2,1,3-4H3,(H,19,21)(H,20,22)/b12-5+,15-14-. The van der Waals surface area contributed by atoms with E-state index in [0.717, 1.165) is 14.9 Å². The normalized spacial score (nSPS) is 18.1. The lowest BCUT2D eigenvalue weighted by atomic mass is 10.3. The maximum Gasteiger partial charge on any atom is 0.269 e. The molecule has 12 heteroatoms. The third kappa shape index (κ3) is 5.21. The fourth-order valence-electron chi connectivity index (χ4n) is 2.17. The van der Waals surface area contributed by atoms with Crippen molar-refractivity contribution in [2.75, 3.05) is 19.4 Å². The van der Waals surface area contributed by atoms with E-state index in [0.29, 0.717) is 5.69 Å². The van der Waals surface area contributed by atoms with Crippen LogP contribution in [0.25, 0.3) is 0 Å². The Labute approximate surface area is 180 Å². The van der Waals surface area contributed by atoms with Crippen molar-refractivity contribution in [1.82, 2.24) is 9.62 Å². The van der Waals surface area contributed by atoms with Gasteiger partial charge in [-0.2, -0.15) is 0 Å². The molecule has 0 fully saturated rings. The molecular weight excluding hydrogens is 482 g/mol. The van der Waals surface area contributed by atoms with Crippen molar-refractivity contribution in [3.63, 3.8) is 0 Å². The predicted molar refractivity (Wildman–Crippen MR) is 120 cm³/mol. The first-order valence-electron chi connectivity index (χ1n) is 8.15. The molecule has 1 heterocycles. The fourth-order valence-corrected chi connectivity index (χ4v) is 4.13. The Balaban J connectivity index is 2.37. The molecule has 0 radical (unpaired) electrons. The van der Waals surface area contributed by atoms with Gasteiger partial charge < -0.3 is 15.7 Å². The Morgan fingerprint density at radius 2 is 1.90 bits per heavy atom. The second-order valence-corrected chi connectivity index (χ2v) is 9.55. The minimum atomic E-state index is -3.94. The zero-order valence-electron chi connectivity index (χ0n) is 15.9. The summed E-state index contributed by atoms with van der Waals surface area (Å²) in [5, 5.41) is 16.3. The van der Waals surface area contributed by atoms with E-state index in [1.165, 1.54) is 20.2 Å². The van der Waals surface area contributed by atoms with Crippen LogP contribution in [0, 0.1) is 0 Å². The highest BCUT2D eigenvalue weighted by Gasteiger charge is 2.26. The number of hydrogen-bond acceptors (Lipinski definition) is 6. The van der Waals surface area contributed by atoms with E-state index in [4.69, 9.17) is 0 Å². The van der Waals surface area contributed by atoms with Crippen LogP contribution in [0.5, 0.6) is 0 Å². The minimum absolute atomic E-state index is 0.0320. The van der Waals surface area contributed by atoms with Crippen molar-refractivity contribution in [2.24, 2.45) is 8.80 Å². The number of sulfonamides is 1. The van der Waals surface area contributed by atoms with Gasteiger partial charge in [0, 0.05) is 18.6 Å². The molecule has 1 unspecified atom stereocenters. The molecule has 0 aromatic heterocycles. The maximum absolute atomic E-state index is 12.4. The maximum atomic E-state index is 12.4. The second kappa shape index (κ2) is 9.48. The van der Waals surface area contributed by atoms with Gasteiger partial charge in [0.1, 0.15) is 4.91 Å². The van der Waals surface area contributed by atoms with E-state index >= 15 is 0 Å². The highest BCUT2D eigenvalue weighted by molar-refractivity contribution is 9.10. The summed E-state index contributed by atoms with van der Waals surface area (Å²) in [4.78, 5) is -0.389. The molecule has 3 N–H and O–H groups in total. The molecule has 0 aliphatic carbocycles. The lowest BCUT2D eigenvalue weighted by Crippen LogP contribution is -2.34. The molecule has 9 nitrogen and oxygen atoms in total. The number of nitrogens with zero attached hydrogens (tertiary/aromatic N) is 3. The predicted octanol–water partition coefficient (Wildman–Crippen LogP) is 2.59. The topological polar surface area (TPSA) is 123 Å². The summed E-state index contributed by atoms with van der Waals surface area (Å²) in [5.74, 6) is -0.320. The van der Waals surface area contributed by atoms with E-state index in [-0.39, 0.29) is 22.3 Å². The Kier molecular flexibility index (Phi) is 7.52. The first-order chi connectivity index (χ1) is 13.6. The Bertz CT molecular complexity index is 1080. The van der Waals surface area contributed by atoms with Gasteiger partial charge in [-0.05, 0) is 41.1 Å². The number of aliphatic hydroxyl groups excluding tert-OH is 1. The number of halogens is 1. The number of nitrogens with one attached hydrogen (secondary N) is 2. The molecule has 1 atom stereocenters.